The molecular formula is C27H36BF2P. The van der Waals surface area contributed by atoms with E-state index >= 15 is 0 Å². The highest BCUT2D eigenvalue weighted by molar-refractivity contribution is 7.18. The Morgan fingerprint density at radius 3 is 2.19 bits per heavy atom. The van der Waals surface area contributed by atoms with Crippen LogP contribution in [0.1, 0.15) is 68.7 Å². The lowest BCUT2D eigenvalue weighted by Crippen LogP contribution is -2.06. The third-order valence-corrected chi connectivity index (χ3v) is 5.33. The maximum Gasteiger partial charge on any atom is 0.131 e. The fourth-order valence-electron chi connectivity index (χ4n) is 3.16. The van der Waals surface area contributed by atoms with Crippen molar-refractivity contribution in [1.29, 1.82) is 0 Å². The number of rotatable bonds is 4. The van der Waals surface area contributed by atoms with Crippen molar-refractivity contribution >= 4 is 28.1 Å². The predicted octanol–water partition coefficient (Wildman–Crippen LogP) is 7.57. The first-order chi connectivity index (χ1) is 14.5. The molecule has 4 heteroatoms. The third-order valence-electron chi connectivity index (χ3n) is 4.89. The van der Waals surface area contributed by atoms with Crippen LogP contribution in [0.15, 0.2) is 54.6 Å². The first kappa shape index (κ1) is 27.3. The normalized spacial score (nSPS) is 17.1. The lowest BCUT2D eigenvalue weighted by molar-refractivity contribution is 0.308. The molecule has 2 unspecified atom stereocenters. The van der Waals surface area contributed by atoms with Crippen LogP contribution in [-0.4, -0.2) is 13.3 Å². The highest BCUT2D eigenvalue weighted by Gasteiger charge is 2.29. The molecular weight excluding hydrogens is 404 g/mol. The molecule has 2 aromatic rings. The van der Waals surface area contributed by atoms with Gasteiger partial charge in [-0.2, -0.15) is 0 Å². The summed E-state index contributed by atoms with van der Waals surface area (Å²) in [6, 6.07) is 11.1. The summed E-state index contributed by atoms with van der Waals surface area (Å²) < 4.78 is 26.8. The molecule has 2 atom stereocenters. The summed E-state index contributed by atoms with van der Waals surface area (Å²) >= 11 is 0. The Balaban J connectivity index is 0.000000275. The van der Waals surface area contributed by atoms with E-state index in [9.17, 15) is 8.78 Å². The van der Waals surface area contributed by atoms with Crippen LogP contribution in [0, 0.1) is 19.7 Å². The standard InChI is InChI=1S/C13H17F.C11H11BFP.C3H8/c1-9(2)5-6-12-8-13(14)11(4)7-10(12)3;12-10-3-1-8(2-4-10)9-5-6-11(13,14)7-9;1-3-2/h7-8H,1,5-6H2,2-4H3;1-5H,6-7,14H2;3H2,1-2H3. The minimum atomic E-state index is -1.14. The summed E-state index contributed by atoms with van der Waals surface area (Å²) in [6.45, 7) is 13.9. The molecule has 0 bridgehead atoms. The number of alkyl halides is 1. The van der Waals surface area contributed by atoms with Gasteiger partial charge in [0.25, 0.3) is 0 Å². The Labute approximate surface area is 191 Å². The highest BCUT2D eigenvalue weighted by atomic mass is 31.0. The van der Waals surface area contributed by atoms with Crippen LogP contribution in [-0.2, 0) is 6.42 Å². The van der Waals surface area contributed by atoms with Gasteiger partial charge < -0.3 is 0 Å². The lowest BCUT2D eigenvalue weighted by atomic mass is 9.93. The predicted molar refractivity (Wildman–Crippen MR) is 138 cm³/mol. The van der Waals surface area contributed by atoms with Crippen LogP contribution in [0.5, 0.6) is 0 Å². The van der Waals surface area contributed by atoms with E-state index in [0.717, 1.165) is 46.1 Å². The van der Waals surface area contributed by atoms with Gasteiger partial charge in [-0.25, -0.2) is 8.78 Å². The van der Waals surface area contributed by atoms with E-state index in [1.807, 2.05) is 50.3 Å². The zero-order valence-electron chi connectivity index (χ0n) is 19.7. The molecule has 0 aromatic heterocycles. The van der Waals surface area contributed by atoms with Crippen molar-refractivity contribution < 1.29 is 8.78 Å². The zero-order valence-corrected chi connectivity index (χ0v) is 20.8. The van der Waals surface area contributed by atoms with Crippen LogP contribution in [0.25, 0.3) is 5.57 Å². The smallest absolute Gasteiger partial charge is 0.131 e. The van der Waals surface area contributed by atoms with E-state index < -0.39 is 5.41 Å². The minimum Gasteiger partial charge on any atom is -0.239 e. The van der Waals surface area contributed by atoms with E-state index in [2.05, 4.69) is 29.7 Å². The Kier molecular flexibility index (Phi) is 11.4. The molecule has 0 amide bonds. The van der Waals surface area contributed by atoms with E-state index in [4.69, 9.17) is 7.85 Å². The molecule has 1 aliphatic rings. The van der Waals surface area contributed by atoms with Gasteiger partial charge in [0.05, 0.1) is 0 Å². The van der Waals surface area contributed by atoms with E-state index in [0.29, 0.717) is 12.8 Å². The summed E-state index contributed by atoms with van der Waals surface area (Å²) in [5.74, 6) is -0.104. The largest absolute Gasteiger partial charge is 0.239 e. The minimum absolute atomic E-state index is 0.104. The summed E-state index contributed by atoms with van der Waals surface area (Å²) in [7, 11) is 7.85. The van der Waals surface area contributed by atoms with Crippen molar-refractivity contribution in [3.05, 3.63) is 82.7 Å². The molecule has 1 aliphatic carbocycles. The van der Waals surface area contributed by atoms with Gasteiger partial charge in [0.2, 0.25) is 0 Å². The molecule has 0 fully saturated rings. The highest BCUT2D eigenvalue weighted by Crippen LogP contribution is 2.42. The second-order valence-electron chi connectivity index (χ2n) is 8.46. The van der Waals surface area contributed by atoms with Gasteiger partial charge >= 0.3 is 0 Å². The van der Waals surface area contributed by atoms with Gasteiger partial charge in [-0.05, 0) is 67.5 Å². The SMILES string of the molecule is C=C(C)CCc1cc(F)c(C)cc1C.CCC.[B]c1ccc(C2=CCC(F)(P)C2)cc1. The van der Waals surface area contributed by atoms with Crippen molar-refractivity contribution in [3.63, 3.8) is 0 Å². The molecule has 0 aliphatic heterocycles. The quantitative estimate of drug-likeness (QED) is 0.261. The maximum absolute atomic E-state index is 13.5. The Morgan fingerprint density at radius 1 is 1.13 bits per heavy atom. The van der Waals surface area contributed by atoms with Crippen LogP contribution in [0.3, 0.4) is 0 Å². The summed E-state index contributed by atoms with van der Waals surface area (Å²) in [5, 5.41) is -1.14. The average Bonchev–Trinajstić information content (AvgIpc) is 3.05. The van der Waals surface area contributed by atoms with Crippen molar-refractivity contribution in [2.45, 2.75) is 72.1 Å². The zero-order chi connectivity index (χ0) is 23.6. The maximum atomic E-state index is 13.5. The molecule has 166 valence electrons. The van der Waals surface area contributed by atoms with Crippen LogP contribution in [0.2, 0.25) is 0 Å². The van der Waals surface area contributed by atoms with Crippen molar-refractivity contribution in [2.75, 3.05) is 0 Å². The second-order valence-corrected chi connectivity index (χ2v) is 9.49. The van der Waals surface area contributed by atoms with E-state index in [1.165, 1.54) is 12.0 Å². The number of benzene rings is 2. The number of aryl methyl sites for hydroxylation is 3. The molecule has 31 heavy (non-hydrogen) atoms. The topological polar surface area (TPSA) is 0 Å². The fourth-order valence-corrected chi connectivity index (χ4v) is 3.49. The molecule has 0 nitrogen and oxygen atoms in total. The summed E-state index contributed by atoms with van der Waals surface area (Å²) in [4.78, 5) is 0. The molecule has 2 radical (unpaired) electrons. The van der Waals surface area contributed by atoms with E-state index in [1.54, 1.807) is 13.0 Å². The van der Waals surface area contributed by atoms with Crippen molar-refractivity contribution in [2.24, 2.45) is 0 Å². The molecule has 0 N–H and O–H groups in total. The van der Waals surface area contributed by atoms with Crippen molar-refractivity contribution in [1.82, 2.24) is 0 Å². The first-order valence-electron chi connectivity index (χ1n) is 10.9. The molecule has 0 spiro atoms. The van der Waals surface area contributed by atoms with Gasteiger partial charge in [0.1, 0.15) is 19.1 Å². The average molecular weight is 440 g/mol. The Hall–Kier alpha value is -1.73. The third kappa shape index (κ3) is 9.96. The molecule has 0 saturated carbocycles. The van der Waals surface area contributed by atoms with Gasteiger partial charge in [0, 0.05) is 12.8 Å². The number of halogens is 2. The molecule has 0 saturated heterocycles. The number of hydrogen-bond donors (Lipinski definition) is 0. The van der Waals surface area contributed by atoms with Gasteiger partial charge in [-0.15, -0.1) is 6.58 Å². The summed E-state index contributed by atoms with van der Waals surface area (Å²) in [6.07, 6.45) is 5.99. The number of hydrogen-bond acceptors (Lipinski definition) is 0. The lowest BCUT2D eigenvalue weighted by Gasteiger charge is -2.12. The monoisotopic (exact) mass is 440 g/mol. The number of allylic oxidation sites excluding steroid dienone is 3. The Bertz CT molecular complexity index is 883. The van der Waals surface area contributed by atoms with Gasteiger partial charge in [0.15, 0.2) is 0 Å². The van der Waals surface area contributed by atoms with Crippen LogP contribution in [0.4, 0.5) is 8.78 Å². The Morgan fingerprint density at radius 2 is 1.71 bits per heavy atom. The van der Waals surface area contributed by atoms with Gasteiger partial charge in [-0.3, -0.25) is 0 Å². The van der Waals surface area contributed by atoms with Gasteiger partial charge in [-0.1, -0.05) is 77.0 Å². The van der Waals surface area contributed by atoms with E-state index in [-0.39, 0.29) is 5.82 Å². The summed E-state index contributed by atoms with van der Waals surface area (Å²) in [5.41, 5.74) is 7.02. The molecule has 2 aromatic carbocycles. The second kappa shape index (κ2) is 13.0. The first-order valence-corrected chi connectivity index (χ1v) is 11.5. The van der Waals surface area contributed by atoms with Crippen molar-refractivity contribution in [3.8, 4) is 0 Å². The fraction of sp³-hybridized carbons (Fsp3) is 0.407. The molecule has 0 heterocycles. The van der Waals surface area contributed by atoms with Crippen LogP contribution >= 0.6 is 9.24 Å². The molecule has 3 rings (SSSR count). The van der Waals surface area contributed by atoms with Crippen LogP contribution < -0.4 is 5.46 Å².